The van der Waals surface area contributed by atoms with Gasteiger partial charge in [-0.25, -0.2) is 0 Å². The quantitative estimate of drug-likeness (QED) is 0.811. The van der Waals surface area contributed by atoms with Crippen LogP contribution in [0.25, 0.3) is 0 Å². The number of thioether (sulfide) groups is 1. The Morgan fingerprint density at radius 2 is 2.06 bits per heavy atom. The average Bonchev–Trinajstić information content (AvgIpc) is 2.58. The van der Waals surface area contributed by atoms with Crippen molar-refractivity contribution < 1.29 is 4.79 Å². The Morgan fingerprint density at radius 3 is 2.75 bits per heavy atom. The molecule has 1 heterocycles. The number of carbonyl (C=O) groups is 1. The van der Waals surface area contributed by atoms with Crippen molar-refractivity contribution in [2.45, 2.75) is 37.1 Å². The van der Waals surface area contributed by atoms with Crippen LogP contribution in [0.4, 0.5) is 0 Å². The Hall–Kier alpha value is -0.960. The minimum atomic E-state index is -0.153. The first-order chi connectivity index (χ1) is 7.47. The number of hydrogen-bond donors (Lipinski definition) is 1. The van der Waals surface area contributed by atoms with E-state index >= 15 is 0 Å². The highest BCUT2D eigenvalue weighted by Crippen LogP contribution is 2.39. The van der Waals surface area contributed by atoms with Crippen LogP contribution in [0.2, 0.25) is 0 Å². The van der Waals surface area contributed by atoms with Crippen molar-refractivity contribution in [3.8, 4) is 0 Å². The van der Waals surface area contributed by atoms with E-state index in [1.807, 2.05) is 32.9 Å². The van der Waals surface area contributed by atoms with E-state index in [0.29, 0.717) is 0 Å². The van der Waals surface area contributed by atoms with Crippen LogP contribution < -0.4 is 5.32 Å². The molecular formula is C13H17NOS. The van der Waals surface area contributed by atoms with Crippen LogP contribution in [0.1, 0.15) is 32.3 Å². The van der Waals surface area contributed by atoms with Gasteiger partial charge in [0.15, 0.2) is 0 Å². The molecule has 1 atom stereocenters. The maximum Gasteiger partial charge on any atom is 0.228 e. The van der Waals surface area contributed by atoms with Crippen molar-refractivity contribution in [1.29, 1.82) is 0 Å². The number of fused-ring (bicyclic) bond motifs is 1. The van der Waals surface area contributed by atoms with E-state index in [1.54, 1.807) is 11.8 Å². The number of benzene rings is 1. The second-order valence-electron chi connectivity index (χ2n) is 5.14. The van der Waals surface area contributed by atoms with Crippen LogP contribution in [0.3, 0.4) is 0 Å². The van der Waals surface area contributed by atoms with E-state index in [0.717, 1.165) is 5.75 Å². The normalized spacial score (nSPS) is 19.3. The molecule has 1 aliphatic heterocycles. The van der Waals surface area contributed by atoms with Gasteiger partial charge in [0, 0.05) is 16.2 Å². The molecule has 86 valence electrons. The van der Waals surface area contributed by atoms with Crippen molar-refractivity contribution >= 4 is 17.7 Å². The Balaban J connectivity index is 2.16. The summed E-state index contributed by atoms with van der Waals surface area (Å²) in [5.74, 6) is 1.02. The van der Waals surface area contributed by atoms with Gasteiger partial charge < -0.3 is 5.32 Å². The summed E-state index contributed by atoms with van der Waals surface area (Å²) in [5, 5.41) is 3.05. The monoisotopic (exact) mass is 235 g/mol. The van der Waals surface area contributed by atoms with Crippen molar-refractivity contribution in [3.63, 3.8) is 0 Å². The topological polar surface area (TPSA) is 29.1 Å². The Labute approximate surface area is 101 Å². The summed E-state index contributed by atoms with van der Waals surface area (Å²) in [6.07, 6.45) is 0. The van der Waals surface area contributed by atoms with Gasteiger partial charge in [-0.1, -0.05) is 18.2 Å². The molecule has 1 amide bonds. The zero-order chi connectivity index (χ0) is 11.8. The minimum absolute atomic E-state index is 0.0143. The predicted molar refractivity (Wildman–Crippen MR) is 67.8 cm³/mol. The lowest BCUT2D eigenvalue weighted by Gasteiger charge is -2.23. The van der Waals surface area contributed by atoms with E-state index in [4.69, 9.17) is 0 Å². The first-order valence-corrected chi connectivity index (χ1v) is 6.50. The third kappa shape index (κ3) is 2.40. The summed E-state index contributed by atoms with van der Waals surface area (Å²) in [6, 6.07) is 8.17. The number of hydrogen-bond acceptors (Lipinski definition) is 2. The van der Waals surface area contributed by atoms with E-state index < -0.39 is 0 Å². The molecule has 0 aliphatic carbocycles. The number of rotatable bonds is 1. The molecule has 0 aromatic heterocycles. The lowest BCUT2D eigenvalue weighted by molar-refractivity contribution is -0.123. The Morgan fingerprint density at radius 1 is 1.38 bits per heavy atom. The Kier molecular flexibility index (Phi) is 2.98. The SMILES string of the molecule is CC(C)(C)NC(=O)C1CSc2ccccc21. The largest absolute Gasteiger partial charge is 0.351 e. The van der Waals surface area contributed by atoms with Crippen molar-refractivity contribution in [2.24, 2.45) is 0 Å². The standard InChI is InChI=1S/C13H17NOS/c1-13(2,3)14-12(15)10-8-16-11-7-5-4-6-9(10)11/h4-7,10H,8H2,1-3H3,(H,14,15). The Bertz CT molecular complexity index is 409. The molecule has 0 bridgehead atoms. The fourth-order valence-electron chi connectivity index (χ4n) is 1.84. The van der Waals surface area contributed by atoms with Gasteiger partial charge >= 0.3 is 0 Å². The lowest BCUT2D eigenvalue weighted by atomic mass is 9.99. The fourth-order valence-corrected chi connectivity index (χ4v) is 3.07. The molecule has 1 N–H and O–H groups in total. The molecule has 0 saturated heterocycles. The summed E-state index contributed by atoms with van der Waals surface area (Å²) in [5.41, 5.74) is 1.02. The van der Waals surface area contributed by atoms with Gasteiger partial charge in [-0.05, 0) is 32.4 Å². The van der Waals surface area contributed by atoms with Crippen molar-refractivity contribution in [2.75, 3.05) is 5.75 Å². The van der Waals surface area contributed by atoms with Gasteiger partial charge in [0.25, 0.3) is 0 Å². The highest BCUT2D eigenvalue weighted by molar-refractivity contribution is 7.99. The second kappa shape index (κ2) is 4.13. The second-order valence-corrected chi connectivity index (χ2v) is 6.20. The third-order valence-corrected chi connectivity index (χ3v) is 3.70. The highest BCUT2D eigenvalue weighted by atomic mass is 32.2. The van der Waals surface area contributed by atoms with Gasteiger partial charge in [-0.2, -0.15) is 0 Å². The van der Waals surface area contributed by atoms with Gasteiger partial charge in [0.1, 0.15) is 0 Å². The first-order valence-electron chi connectivity index (χ1n) is 5.51. The lowest BCUT2D eigenvalue weighted by Crippen LogP contribution is -2.43. The molecule has 1 aromatic rings. The molecule has 0 saturated carbocycles. The number of amides is 1. The molecule has 1 aliphatic rings. The molecule has 16 heavy (non-hydrogen) atoms. The molecule has 2 nitrogen and oxygen atoms in total. The highest BCUT2D eigenvalue weighted by Gasteiger charge is 2.30. The molecular weight excluding hydrogens is 218 g/mol. The molecule has 1 unspecified atom stereocenters. The predicted octanol–water partition coefficient (Wildman–Crippen LogP) is 2.79. The van der Waals surface area contributed by atoms with Crippen LogP contribution in [0, 0.1) is 0 Å². The van der Waals surface area contributed by atoms with Crippen LogP contribution >= 0.6 is 11.8 Å². The first kappa shape index (κ1) is 11.5. The third-order valence-electron chi connectivity index (χ3n) is 2.51. The number of carbonyl (C=O) groups excluding carboxylic acids is 1. The van der Waals surface area contributed by atoms with Gasteiger partial charge in [-0.15, -0.1) is 11.8 Å². The van der Waals surface area contributed by atoms with Gasteiger partial charge in [0.05, 0.1) is 5.92 Å². The van der Waals surface area contributed by atoms with E-state index in [9.17, 15) is 4.79 Å². The average molecular weight is 235 g/mol. The maximum absolute atomic E-state index is 12.1. The van der Waals surface area contributed by atoms with E-state index in [-0.39, 0.29) is 17.4 Å². The molecule has 2 rings (SSSR count). The summed E-state index contributed by atoms with van der Waals surface area (Å²) in [6.45, 7) is 6.04. The minimum Gasteiger partial charge on any atom is -0.351 e. The zero-order valence-corrected chi connectivity index (χ0v) is 10.7. The van der Waals surface area contributed by atoms with Gasteiger partial charge in [0.2, 0.25) is 5.91 Å². The molecule has 1 aromatic carbocycles. The summed E-state index contributed by atoms with van der Waals surface area (Å²) in [4.78, 5) is 13.3. The van der Waals surface area contributed by atoms with Crippen LogP contribution in [-0.2, 0) is 4.79 Å². The fraction of sp³-hybridized carbons (Fsp3) is 0.462. The van der Waals surface area contributed by atoms with Gasteiger partial charge in [-0.3, -0.25) is 4.79 Å². The molecule has 0 spiro atoms. The molecule has 3 heteroatoms. The summed E-state index contributed by atoms with van der Waals surface area (Å²) >= 11 is 1.77. The maximum atomic E-state index is 12.1. The van der Waals surface area contributed by atoms with E-state index in [1.165, 1.54) is 10.5 Å². The number of nitrogens with one attached hydrogen (secondary N) is 1. The van der Waals surface area contributed by atoms with Crippen LogP contribution in [0.5, 0.6) is 0 Å². The summed E-state index contributed by atoms with van der Waals surface area (Å²) in [7, 11) is 0. The van der Waals surface area contributed by atoms with Crippen molar-refractivity contribution in [3.05, 3.63) is 29.8 Å². The van der Waals surface area contributed by atoms with E-state index in [2.05, 4.69) is 17.4 Å². The molecule has 0 radical (unpaired) electrons. The van der Waals surface area contributed by atoms with Crippen LogP contribution in [0.15, 0.2) is 29.2 Å². The van der Waals surface area contributed by atoms with Crippen LogP contribution in [-0.4, -0.2) is 17.2 Å². The summed E-state index contributed by atoms with van der Waals surface area (Å²) < 4.78 is 0. The zero-order valence-electron chi connectivity index (χ0n) is 9.91. The smallest absolute Gasteiger partial charge is 0.228 e. The molecule has 0 fully saturated rings. The van der Waals surface area contributed by atoms with Crippen molar-refractivity contribution in [1.82, 2.24) is 5.32 Å².